The van der Waals surface area contributed by atoms with Crippen LogP contribution in [-0.2, 0) is 11.3 Å². The maximum atomic E-state index is 12.1. The highest BCUT2D eigenvalue weighted by molar-refractivity contribution is 5.78. The molecule has 0 radical (unpaired) electrons. The largest absolute Gasteiger partial charge is 0.497 e. The van der Waals surface area contributed by atoms with Crippen molar-refractivity contribution in [1.82, 2.24) is 10.2 Å². The number of nitrogens with one attached hydrogen (secondary N) is 1. The summed E-state index contributed by atoms with van der Waals surface area (Å²) < 4.78 is 5.17. The van der Waals surface area contributed by atoms with E-state index in [0.29, 0.717) is 31.6 Å². The van der Waals surface area contributed by atoms with E-state index in [9.17, 15) is 4.79 Å². The SMILES string of the molecule is COc1cccc(CNC(=O)CN2CC(CN)CC2C)c1. The van der Waals surface area contributed by atoms with Gasteiger partial charge in [-0.25, -0.2) is 0 Å². The van der Waals surface area contributed by atoms with Gasteiger partial charge in [-0.1, -0.05) is 12.1 Å². The third-order valence-electron chi connectivity index (χ3n) is 4.09. The Hall–Kier alpha value is -1.59. The first-order chi connectivity index (χ1) is 10.1. The Labute approximate surface area is 126 Å². The van der Waals surface area contributed by atoms with E-state index in [4.69, 9.17) is 10.5 Å². The van der Waals surface area contributed by atoms with Crippen molar-refractivity contribution >= 4 is 5.91 Å². The number of methoxy groups -OCH3 is 1. The molecular weight excluding hydrogens is 266 g/mol. The Morgan fingerprint density at radius 3 is 3.00 bits per heavy atom. The second-order valence-electron chi connectivity index (χ2n) is 5.74. The molecule has 0 bridgehead atoms. The van der Waals surface area contributed by atoms with Gasteiger partial charge in [0.15, 0.2) is 0 Å². The maximum Gasteiger partial charge on any atom is 0.234 e. The number of amides is 1. The summed E-state index contributed by atoms with van der Waals surface area (Å²) in [6.07, 6.45) is 1.08. The fraction of sp³-hybridized carbons (Fsp3) is 0.562. The standard InChI is InChI=1S/C16H25N3O2/c1-12-6-14(8-17)10-19(12)11-16(20)18-9-13-4-3-5-15(7-13)21-2/h3-5,7,12,14H,6,8-11,17H2,1-2H3,(H,18,20). The Bertz CT molecular complexity index is 478. The number of nitrogens with two attached hydrogens (primary N) is 1. The van der Waals surface area contributed by atoms with Gasteiger partial charge in [0.25, 0.3) is 0 Å². The van der Waals surface area contributed by atoms with Crippen LogP contribution < -0.4 is 15.8 Å². The van der Waals surface area contributed by atoms with Crippen LogP contribution in [0.2, 0.25) is 0 Å². The van der Waals surface area contributed by atoms with Crippen molar-refractivity contribution in [2.45, 2.75) is 25.9 Å². The predicted octanol–water partition coefficient (Wildman–Crippen LogP) is 0.981. The molecule has 3 N–H and O–H groups in total. The number of hydrogen-bond donors (Lipinski definition) is 2. The summed E-state index contributed by atoms with van der Waals surface area (Å²) in [5.41, 5.74) is 6.75. The lowest BCUT2D eigenvalue weighted by Gasteiger charge is -2.20. The lowest BCUT2D eigenvalue weighted by Crippen LogP contribution is -2.39. The number of likely N-dealkylation sites (tertiary alicyclic amines) is 1. The van der Waals surface area contributed by atoms with Crippen LogP contribution in [0.3, 0.4) is 0 Å². The van der Waals surface area contributed by atoms with Gasteiger partial charge in [0.2, 0.25) is 5.91 Å². The first-order valence-corrected chi connectivity index (χ1v) is 7.46. The van der Waals surface area contributed by atoms with Gasteiger partial charge in [-0.2, -0.15) is 0 Å². The van der Waals surface area contributed by atoms with E-state index in [-0.39, 0.29) is 5.91 Å². The molecule has 2 atom stereocenters. The zero-order valence-corrected chi connectivity index (χ0v) is 12.8. The van der Waals surface area contributed by atoms with Crippen molar-refractivity contribution in [3.05, 3.63) is 29.8 Å². The second-order valence-corrected chi connectivity index (χ2v) is 5.74. The minimum atomic E-state index is 0.0577. The molecule has 1 aromatic carbocycles. The van der Waals surface area contributed by atoms with Gasteiger partial charge >= 0.3 is 0 Å². The van der Waals surface area contributed by atoms with Crippen molar-refractivity contribution in [2.75, 3.05) is 26.7 Å². The van der Waals surface area contributed by atoms with Gasteiger partial charge in [0, 0.05) is 19.1 Å². The van der Waals surface area contributed by atoms with Gasteiger partial charge in [-0.3, -0.25) is 9.69 Å². The summed E-state index contributed by atoms with van der Waals surface area (Å²) in [7, 11) is 1.64. The zero-order valence-electron chi connectivity index (χ0n) is 12.8. The van der Waals surface area contributed by atoms with Crippen molar-refractivity contribution in [2.24, 2.45) is 11.7 Å². The van der Waals surface area contributed by atoms with Crippen molar-refractivity contribution in [3.8, 4) is 5.75 Å². The number of rotatable bonds is 6. The fourth-order valence-electron chi connectivity index (χ4n) is 2.83. The predicted molar refractivity (Wildman–Crippen MR) is 83.0 cm³/mol. The third-order valence-corrected chi connectivity index (χ3v) is 4.09. The number of carbonyl (C=O) groups is 1. The first-order valence-electron chi connectivity index (χ1n) is 7.46. The van der Waals surface area contributed by atoms with E-state index >= 15 is 0 Å². The van der Waals surface area contributed by atoms with E-state index in [1.54, 1.807) is 7.11 Å². The molecular formula is C16H25N3O2. The minimum Gasteiger partial charge on any atom is -0.497 e. The van der Waals surface area contributed by atoms with E-state index in [0.717, 1.165) is 24.3 Å². The van der Waals surface area contributed by atoms with Crippen molar-refractivity contribution < 1.29 is 9.53 Å². The van der Waals surface area contributed by atoms with Crippen molar-refractivity contribution in [3.63, 3.8) is 0 Å². The van der Waals surface area contributed by atoms with Crippen LogP contribution >= 0.6 is 0 Å². The molecule has 0 saturated carbocycles. The molecule has 2 rings (SSSR count). The molecule has 0 aromatic heterocycles. The summed E-state index contributed by atoms with van der Waals surface area (Å²) in [5, 5.41) is 2.96. The van der Waals surface area contributed by atoms with Crippen LogP contribution in [0.4, 0.5) is 0 Å². The molecule has 1 aromatic rings. The van der Waals surface area contributed by atoms with Crippen LogP contribution in [0.5, 0.6) is 5.75 Å². The summed E-state index contributed by atoms with van der Waals surface area (Å²) in [4.78, 5) is 14.3. The van der Waals surface area contributed by atoms with Crippen LogP contribution in [0.1, 0.15) is 18.9 Å². The van der Waals surface area contributed by atoms with E-state index < -0.39 is 0 Å². The monoisotopic (exact) mass is 291 g/mol. The van der Waals surface area contributed by atoms with Gasteiger partial charge < -0.3 is 15.8 Å². The molecule has 1 aliphatic heterocycles. The topological polar surface area (TPSA) is 67.6 Å². The maximum absolute atomic E-state index is 12.1. The van der Waals surface area contributed by atoms with E-state index in [2.05, 4.69) is 17.1 Å². The molecule has 116 valence electrons. The summed E-state index contributed by atoms with van der Waals surface area (Å²) in [6.45, 7) is 4.75. The molecule has 1 saturated heterocycles. The van der Waals surface area contributed by atoms with Gasteiger partial charge in [-0.05, 0) is 43.5 Å². The van der Waals surface area contributed by atoms with E-state index in [1.165, 1.54) is 0 Å². The molecule has 1 amide bonds. The number of benzene rings is 1. The first kappa shape index (κ1) is 15.8. The highest BCUT2D eigenvalue weighted by atomic mass is 16.5. The Kier molecular flexibility index (Phi) is 5.59. The molecule has 1 fully saturated rings. The van der Waals surface area contributed by atoms with Gasteiger partial charge in [-0.15, -0.1) is 0 Å². The van der Waals surface area contributed by atoms with E-state index in [1.807, 2.05) is 24.3 Å². The van der Waals surface area contributed by atoms with Gasteiger partial charge in [0.05, 0.1) is 13.7 Å². The fourth-order valence-corrected chi connectivity index (χ4v) is 2.83. The smallest absolute Gasteiger partial charge is 0.234 e. The second kappa shape index (κ2) is 7.43. The quantitative estimate of drug-likeness (QED) is 0.820. The molecule has 1 aliphatic rings. The zero-order chi connectivity index (χ0) is 15.2. The Morgan fingerprint density at radius 2 is 2.33 bits per heavy atom. The van der Waals surface area contributed by atoms with Gasteiger partial charge in [0.1, 0.15) is 5.75 Å². The molecule has 1 heterocycles. The Morgan fingerprint density at radius 1 is 1.52 bits per heavy atom. The van der Waals surface area contributed by atoms with Crippen LogP contribution in [0.25, 0.3) is 0 Å². The number of hydrogen-bond acceptors (Lipinski definition) is 4. The average Bonchev–Trinajstić information content (AvgIpc) is 2.85. The van der Waals surface area contributed by atoms with Crippen LogP contribution in [0, 0.1) is 5.92 Å². The highest BCUT2D eigenvalue weighted by Crippen LogP contribution is 2.21. The molecule has 0 spiro atoms. The number of ether oxygens (including phenoxy) is 1. The van der Waals surface area contributed by atoms with Crippen LogP contribution in [-0.4, -0.2) is 43.6 Å². The number of carbonyl (C=O) groups excluding carboxylic acids is 1. The summed E-state index contributed by atoms with van der Waals surface area (Å²) in [6, 6.07) is 8.16. The minimum absolute atomic E-state index is 0.0577. The third kappa shape index (κ3) is 4.44. The average molecular weight is 291 g/mol. The molecule has 21 heavy (non-hydrogen) atoms. The number of nitrogens with zero attached hydrogens (tertiary/aromatic N) is 1. The lowest BCUT2D eigenvalue weighted by molar-refractivity contribution is -0.122. The Balaban J connectivity index is 1.79. The molecule has 2 unspecified atom stereocenters. The lowest BCUT2D eigenvalue weighted by atomic mass is 10.1. The molecule has 0 aliphatic carbocycles. The summed E-state index contributed by atoms with van der Waals surface area (Å²) in [5.74, 6) is 1.38. The van der Waals surface area contributed by atoms with Crippen molar-refractivity contribution in [1.29, 1.82) is 0 Å². The molecule has 5 heteroatoms. The highest BCUT2D eigenvalue weighted by Gasteiger charge is 2.29. The normalized spacial score (nSPS) is 22.2. The summed E-state index contributed by atoms with van der Waals surface area (Å²) >= 11 is 0. The molecule has 5 nitrogen and oxygen atoms in total. The van der Waals surface area contributed by atoms with Crippen LogP contribution in [0.15, 0.2) is 24.3 Å².